The number of rotatable bonds is 7. The fourth-order valence-electron chi connectivity index (χ4n) is 2.43. The van der Waals surface area contributed by atoms with E-state index in [1.54, 1.807) is 49.4 Å². The van der Waals surface area contributed by atoms with Gasteiger partial charge in [0.2, 0.25) is 5.89 Å². The Balaban J connectivity index is 1.71. The van der Waals surface area contributed by atoms with E-state index in [2.05, 4.69) is 19.9 Å². The highest BCUT2D eigenvalue weighted by Crippen LogP contribution is 2.36. The summed E-state index contributed by atoms with van der Waals surface area (Å²) in [5.74, 6) is -5.54. The Bertz CT molecular complexity index is 1070. The zero-order chi connectivity index (χ0) is 22.6. The molecule has 3 rings (SSSR count). The maximum absolute atomic E-state index is 13.0. The minimum Gasteiger partial charge on any atom is -0.478 e. The van der Waals surface area contributed by atoms with Crippen molar-refractivity contribution >= 4 is 11.5 Å². The van der Waals surface area contributed by atoms with E-state index in [-0.39, 0.29) is 17.4 Å². The summed E-state index contributed by atoms with van der Waals surface area (Å²) in [5.41, 5.74) is 1.81. The SMILES string of the molecule is Cc1ccc(N=Nc2nc(-c3ccccc3)oc2O)cc1COCC(F)(F)C(F)(F)F. The molecule has 164 valence electrons. The van der Waals surface area contributed by atoms with Crippen LogP contribution in [-0.4, -0.2) is 28.8 Å². The summed E-state index contributed by atoms with van der Waals surface area (Å²) in [6.45, 7) is -0.637. The topological polar surface area (TPSA) is 80.2 Å². The molecule has 0 atom stereocenters. The van der Waals surface area contributed by atoms with E-state index < -0.39 is 31.3 Å². The molecule has 3 aromatic rings. The first-order valence-corrected chi connectivity index (χ1v) is 8.85. The molecule has 2 aromatic carbocycles. The van der Waals surface area contributed by atoms with Gasteiger partial charge in [-0.1, -0.05) is 24.3 Å². The lowest BCUT2D eigenvalue weighted by molar-refractivity contribution is -0.297. The van der Waals surface area contributed by atoms with Gasteiger partial charge in [-0.25, -0.2) is 0 Å². The number of hydrogen-bond acceptors (Lipinski definition) is 6. The lowest BCUT2D eigenvalue weighted by Gasteiger charge is -2.19. The third-order valence-electron chi connectivity index (χ3n) is 4.16. The second-order valence-electron chi connectivity index (χ2n) is 6.52. The van der Waals surface area contributed by atoms with E-state index in [1.807, 2.05) is 0 Å². The van der Waals surface area contributed by atoms with Crippen molar-refractivity contribution < 1.29 is 36.2 Å². The van der Waals surface area contributed by atoms with Crippen LogP contribution in [0.2, 0.25) is 0 Å². The standard InChI is InChI=1S/C20H16F5N3O3/c1-12-7-8-15(9-14(12)10-30-11-19(21,22)20(23,24)25)27-28-16-18(29)31-17(26-16)13-5-3-2-4-6-13/h2-9,29H,10-11H2,1H3. The minimum absolute atomic E-state index is 0.135. The third kappa shape index (κ3) is 5.43. The first-order chi connectivity index (χ1) is 14.6. The minimum atomic E-state index is -5.68. The highest BCUT2D eigenvalue weighted by molar-refractivity contribution is 5.57. The normalized spacial score (nSPS) is 12.6. The molecule has 0 aliphatic rings. The van der Waals surface area contributed by atoms with E-state index in [0.717, 1.165) is 0 Å². The molecule has 0 saturated heterocycles. The molecule has 0 radical (unpaired) electrons. The molecule has 0 amide bonds. The van der Waals surface area contributed by atoms with Crippen LogP contribution in [0.3, 0.4) is 0 Å². The lowest BCUT2D eigenvalue weighted by Crippen LogP contribution is -2.40. The number of hydrogen-bond donors (Lipinski definition) is 1. The highest BCUT2D eigenvalue weighted by Gasteiger charge is 2.57. The number of oxazole rings is 1. The second-order valence-corrected chi connectivity index (χ2v) is 6.52. The van der Waals surface area contributed by atoms with Crippen LogP contribution in [-0.2, 0) is 11.3 Å². The van der Waals surface area contributed by atoms with E-state index in [0.29, 0.717) is 16.7 Å². The maximum atomic E-state index is 13.0. The quantitative estimate of drug-likeness (QED) is 0.336. The van der Waals surface area contributed by atoms with Crippen LogP contribution in [0.15, 0.2) is 63.2 Å². The fraction of sp³-hybridized carbons (Fsp3) is 0.250. The van der Waals surface area contributed by atoms with E-state index in [9.17, 15) is 27.1 Å². The average molecular weight is 441 g/mol. The van der Waals surface area contributed by atoms with Crippen molar-refractivity contribution in [2.75, 3.05) is 6.61 Å². The Kier molecular flexibility index (Phi) is 6.34. The van der Waals surface area contributed by atoms with Crippen LogP contribution in [0, 0.1) is 6.92 Å². The second kappa shape index (κ2) is 8.80. The molecule has 31 heavy (non-hydrogen) atoms. The van der Waals surface area contributed by atoms with Gasteiger partial charge in [0.05, 0.1) is 12.3 Å². The molecule has 6 nitrogen and oxygen atoms in total. The van der Waals surface area contributed by atoms with Crippen molar-refractivity contribution in [2.45, 2.75) is 25.6 Å². The van der Waals surface area contributed by atoms with E-state index in [1.165, 1.54) is 6.07 Å². The predicted octanol–water partition coefficient (Wildman–Crippen LogP) is 6.49. The Morgan fingerprint density at radius 1 is 1.03 bits per heavy atom. The number of benzene rings is 2. The average Bonchev–Trinajstić information content (AvgIpc) is 3.09. The Morgan fingerprint density at radius 2 is 1.74 bits per heavy atom. The summed E-state index contributed by atoms with van der Waals surface area (Å²) in [5, 5.41) is 17.6. The third-order valence-corrected chi connectivity index (χ3v) is 4.16. The van der Waals surface area contributed by atoms with Gasteiger partial charge in [-0.05, 0) is 42.3 Å². The van der Waals surface area contributed by atoms with Crippen molar-refractivity contribution in [3.8, 4) is 17.4 Å². The number of ether oxygens (including phenoxy) is 1. The number of nitrogens with zero attached hydrogens (tertiary/aromatic N) is 3. The van der Waals surface area contributed by atoms with E-state index in [4.69, 9.17) is 4.42 Å². The van der Waals surface area contributed by atoms with Crippen LogP contribution in [0.1, 0.15) is 11.1 Å². The Labute approximate surface area is 173 Å². The monoisotopic (exact) mass is 441 g/mol. The van der Waals surface area contributed by atoms with Gasteiger partial charge in [-0.15, -0.1) is 10.2 Å². The van der Waals surface area contributed by atoms with Gasteiger partial charge < -0.3 is 14.3 Å². The van der Waals surface area contributed by atoms with Gasteiger partial charge in [-0.3, -0.25) is 0 Å². The van der Waals surface area contributed by atoms with Gasteiger partial charge in [0.1, 0.15) is 6.61 Å². The van der Waals surface area contributed by atoms with Crippen molar-refractivity contribution in [3.05, 3.63) is 59.7 Å². The van der Waals surface area contributed by atoms with Gasteiger partial charge >= 0.3 is 18.0 Å². The molecule has 0 bridgehead atoms. The molecule has 1 heterocycles. The van der Waals surface area contributed by atoms with Crippen molar-refractivity contribution in [1.29, 1.82) is 0 Å². The summed E-state index contributed by atoms with van der Waals surface area (Å²) in [7, 11) is 0. The predicted molar refractivity (Wildman–Crippen MR) is 99.6 cm³/mol. The molecule has 0 spiro atoms. The molecular formula is C20H16F5N3O3. The van der Waals surface area contributed by atoms with Crippen molar-refractivity contribution in [2.24, 2.45) is 10.2 Å². The Morgan fingerprint density at radius 3 is 2.42 bits per heavy atom. The largest absolute Gasteiger partial charge is 0.478 e. The van der Waals surface area contributed by atoms with Crippen LogP contribution in [0.5, 0.6) is 5.95 Å². The number of aryl methyl sites for hydroxylation is 1. The van der Waals surface area contributed by atoms with Crippen molar-refractivity contribution in [1.82, 2.24) is 4.98 Å². The first kappa shape index (κ1) is 22.3. The highest BCUT2D eigenvalue weighted by atomic mass is 19.4. The number of azo groups is 1. The van der Waals surface area contributed by atoms with Gasteiger partial charge in [-0.2, -0.15) is 26.9 Å². The van der Waals surface area contributed by atoms with Crippen LogP contribution >= 0.6 is 0 Å². The molecule has 0 aliphatic carbocycles. The van der Waals surface area contributed by atoms with E-state index >= 15 is 0 Å². The van der Waals surface area contributed by atoms with Crippen LogP contribution in [0.4, 0.5) is 33.5 Å². The molecule has 0 aliphatic heterocycles. The van der Waals surface area contributed by atoms with Crippen LogP contribution in [0.25, 0.3) is 11.5 Å². The zero-order valence-electron chi connectivity index (χ0n) is 16.0. The molecule has 0 saturated carbocycles. The van der Waals surface area contributed by atoms with Crippen LogP contribution < -0.4 is 0 Å². The zero-order valence-corrected chi connectivity index (χ0v) is 16.0. The summed E-state index contributed by atoms with van der Waals surface area (Å²) in [6, 6.07) is 13.3. The fourth-order valence-corrected chi connectivity index (χ4v) is 2.43. The summed E-state index contributed by atoms with van der Waals surface area (Å²) in [6.07, 6.45) is -5.68. The van der Waals surface area contributed by atoms with Gasteiger partial charge in [0.25, 0.3) is 5.82 Å². The number of halogens is 5. The summed E-state index contributed by atoms with van der Waals surface area (Å²) < 4.78 is 72.3. The Hall–Kier alpha value is -3.34. The summed E-state index contributed by atoms with van der Waals surface area (Å²) >= 11 is 0. The molecular weight excluding hydrogens is 425 g/mol. The number of alkyl halides is 5. The maximum Gasteiger partial charge on any atom is 0.455 e. The number of aromatic hydroxyl groups is 1. The van der Waals surface area contributed by atoms with Crippen molar-refractivity contribution in [3.63, 3.8) is 0 Å². The molecule has 1 N–H and O–H groups in total. The molecule has 0 fully saturated rings. The summed E-state index contributed by atoms with van der Waals surface area (Å²) in [4.78, 5) is 4.04. The lowest BCUT2D eigenvalue weighted by atomic mass is 10.1. The number of aromatic nitrogens is 1. The van der Waals surface area contributed by atoms with Gasteiger partial charge in [0.15, 0.2) is 0 Å². The molecule has 1 aromatic heterocycles. The smallest absolute Gasteiger partial charge is 0.455 e. The molecule has 11 heteroatoms. The first-order valence-electron chi connectivity index (χ1n) is 8.85. The van der Waals surface area contributed by atoms with Gasteiger partial charge in [0, 0.05) is 5.56 Å². The molecule has 0 unspecified atom stereocenters.